The van der Waals surface area contributed by atoms with Gasteiger partial charge in [0.1, 0.15) is 0 Å². The fourth-order valence-corrected chi connectivity index (χ4v) is 2.20. The van der Waals surface area contributed by atoms with E-state index < -0.39 is 0 Å². The van der Waals surface area contributed by atoms with Crippen molar-refractivity contribution in [3.8, 4) is 0 Å². The van der Waals surface area contributed by atoms with Crippen LogP contribution in [0.2, 0.25) is 0 Å². The van der Waals surface area contributed by atoms with E-state index in [1.54, 1.807) is 7.11 Å². The van der Waals surface area contributed by atoms with E-state index >= 15 is 0 Å². The first kappa shape index (κ1) is 12.7. The molecule has 0 spiro atoms. The molecule has 3 nitrogen and oxygen atoms in total. The first-order valence-corrected chi connectivity index (χ1v) is 5.88. The third-order valence-electron chi connectivity index (χ3n) is 3.13. The van der Waals surface area contributed by atoms with Crippen LogP contribution in [0.25, 0.3) is 0 Å². The molecule has 1 rings (SSSR count). The minimum atomic E-state index is 0.689. The molecule has 1 atom stereocenters. The highest BCUT2D eigenvalue weighted by atomic mass is 16.5. The summed E-state index contributed by atoms with van der Waals surface area (Å²) in [6.45, 7) is 12.5. The third-order valence-corrected chi connectivity index (χ3v) is 3.13. The zero-order chi connectivity index (χ0) is 11.1. The largest absolute Gasteiger partial charge is 0.383 e. The van der Waals surface area contributed by atoms with Crippen molar-refractivity contribution in [2.45, 2.75) is 19.4 Å². The minimum Gasteiger partial charge on any atom is -0.383 e. The van der Waals surface area contributed by atoms with E-state index in [0.717, 1.165) is 32.8 Å². The first-order chi connectivity index (χ1) is 7.31. The summed E-state index contributed by atoms with van der Waals surface area (Å²) in [5, 5.41) is 0. The van der Waals surface area contributed by atoms with Gasteiger partial charge in [-0.25, -0.2) is 0 Å². The van der Waals surface area contributed by atoms with Crippen molar-refractivity contribution < 1.29 is 4.74 Å². The molecule has 0 bridgehead atoms. The molecule has 1 aliphatic heterocycles. The van der Waals surface area contributed by atoms with E-state index in [1.165, 1.54) is 13.0 Å². The van der Waals surface area contributed by atoms with E-state index in [4.69, 9.17) is 4.74 Å². The average molecular weight is 212 g/mol. The van der Waals surface area contributed by atoms with Gasteiger partial charge in [-0.2, -0.15) is 0 Å². The van der Waals surface area contributed by atoms with Crippen LogP contribution >= 0.6 is 0 Å². The van der Waals surface area contributed by atoms with E-state index in [2.05, 4.69) is 23.3 Å². The highest BCUT2D eigenvalue weighted by Crippen LogP contribution is 2.12. The van der Waals surface area contributed by atoms with Gasteiger partial charge >= 0.3 is 0 Å². The number of nitrogens with zero attached hydrogens (tertiary/aromatic N) is 2. The molecule has 0 N–H and O–H groups in total. The first-order valence-electron chi connectivity index (χ1n) is 5.88. The predicted octanol–water partition coefficient (Wildman–Crippen LogP) is 1.21. The molecule has 15 heavy (non-hydrogen) atoms. The Morgan fingerprint density at radius 1 is 1.47 bits per heavy atom. The van der Waals surface area contributed by atoms with Crippen LogP contribution in [-0.2, 0) is 4.74 Å². The smallest absolute Gasteiger partial charge is 0.0589 e. The fraction of sp³-hybridized carbons (Fsp3) is 0.833. The number of hydrogen-bond donors (Lipinski definition) is 0. The lowest BCUT2D eigenvalue weighted by molar-refractivity contribution is 0.0547. The van der Waals surface area contributed by atoms with Gasteiger partial charge in [-0.1, -0.05) is 13.0 Å². The number of rotatable bonds is 6. The Morgan fingerprint density at radius 3 is 2.87 bits per heavy atom. The summed E-state index contributed by atoms with van der Waals surface area (Å²) in [5.74, 6) is 0. The van der Waals surface area contributed by atoms with Crippen LogP contribution in [0.15, 0.2) is 12.7 Å². The lowest BCUT2D eigenvalue weighted by Gasteiger charge is -2.40. The fourth-order valence-electron chi connectivity index (χ4n) is 2.20. The summed E-state index contributed by atoms with van der Waals surface area (Å²) in [7, 11) is 1.77. The Kier molecular flexibility index (Phi) is 5.91. The van der Waals surface area contributed by atoms with Crippen molar-refractivity contribution in [1.29, 1.82) is 0 Å². The van der Waals surface area contributed by atoms with E-state index in [1.807, 2.05) is 6.08 Å². The summed E-state index contributed by atoms with van der Waals surface area (Å²) in [6, 6.07) is 0.689. The molecular weight excluding hydrogens is 188 g/mol. The second kappa shape index (κ2) is 6.99. The van der Waals surface area contributed by atoms with Gasteiger partial charge in [0.15, 0.2) is 0 Å². The average Bonchev–Trinajstić information content (AvgIpc) is 2.27. The van der Waals surface area contributed by atoms with Crippen LogP contribution in [0.1, 0.15) is 13.3 Å². The molecular formula is C12H24N2O. The molecule has 0 aliphatic carbocycles. The molecule has 1 saturated heterocycles. The number of methoxy groups -OCH3 is 1. The lowest BCUT2D eigenvalue weighted by atomic mass is 10.1. The van der Waals surface area contributed by atoms with Gasteiger partial charge in [0.2, 0.25) is 0 Å². The monoisotopic (exact) mass is 212 g/mol. The molecule has 0 aromatic heterocycles. The lowest BCUT2D eigenvalue weighted by Crippen LogP contribution is -2.53. The zero-order valence-corrected chi connectivity index (χ0v) is 10.1. The van der Waals surface area contributed by atoms with Crippen molar-refractivity contribution in [2.75, 3.05) is 46.4 Å². The standard InChI is InChI=1S/C12H24N2O/c1-4-6-13-7-8-14(9-10-15-3)12(5-2)11-13/h4,12H,1,5-11H2,2-3H3/t12-/m1/s1. The number of piperazine rings is 1. The molecule has 88 valence electrons. The number of hydrogen-bond acceptors (Lipinski definition) is 3. The maximum absolute atomic E-state index is 5.14. The molecule has 1 aliphatic rings. The van der Waals surface area contributed by atoms with Gasteiger partial charge in [0.05, 0.1) is 6.61 Å². The second-order valence-corrected chi connectivity index (χ2v) is 4.14. The van der Waals surface area contributed by atoms with Gasteiger partial charge in [0.25, 0.3) is 0 Å². The van der Waals surface area contributed by atoms with Crippen molar-refractivity contribution in [3.05, 3.63) is 12.7 Å². The second-order valence-electron chi connectivity index (χ2n) is 4.14. The Hall–Kier alpha value is -0.380. The molecule has 1 fully saturated rings. The van der Waals surface area contributed by atoms with E-state index in [-0.39, 0.29) is 0 Å². The SMILES string of the molecule is C=CCN1CCN(CCOC)[C@H](CC)C1. The van der Waals surface area contributed by atoms with Gasteiger partial charge in [0, 0.05) is 45.9 Å². The van der Waals surface area contributed by atoms with Crippen LogP contribution in [0.3, 0.4) is 0 Å². The Labute approximate surface area is 93.7 Å². The Bertz CT molecular complexity index is 184. The zero-order valence-electron chi connectivity index (χ0n) is 10.1. The van der Waals surface area contributed by atoms with Gasteiger partial charge in [-0.05, 0) is 6.42 Å². The van der Waals surface area contributed by atoms with Crippen LogP contribution in [0.4, 0.5) is 0 Å². The summed E-state index contributed by atoms with van der Waals surface area (Å²) in [5.41, 5.74) is 0. The molecule has 0 amide bonds. The Balaban J connectivity index is 2.37. The van der Waals surface area contributed by atoms with Crippen LogP contribution in [-0.4, -0.2) is 62.3 Å². The maximum atomic E-state index is 5.14. The van der Waals surface area contributed by atoms with Crippen LogP contribution in [0.5, 0.6) is 0 Å². The van der Waals surface area contributed by atoms with Crippen molar-refractivity contribution >= 4 is 0 Å². The molecule has 0 unspecified atom stereocenters. The normalized spacial score (nSPS) is 24.3. The summed E-state index contributed by atoms with van der Waals surface area (Å²) in [6.07, 6.45) is 3.22. The molecule has 1 heterocycles. The highest BCUT2D eigenvalue weighted by Gasteiger charge is 2.24. The Morgan fingerprint density at radius 2 is 2.27 bits per heavy atom. The third kappa shape index (κ3) is 3.93. The van der Waals surface area contributed by atoms with E-state index in [9.17, 15) is 0 Å². The highest BCUT2D eigenvalue weighted by molar-refractivity contribution is 4.84. The van der Waals surface area contributed by atoms with Gasteiger partial charge in [-0.15, -0.1) is 6.58 Å². The van der Waals surface area contributed by atoms with Gasteiger partial charge in [-0.3, -0.25) is 9.80 Å². The van der Waals surface area contributed by atoms with Crippen molar-refractivity contribution in [3.63, 3.8) is 0 Å². The molecule has 0 aromatic carbocycles. The number of ether oxygens (including phenoxy) is 1. The van der Waals surface area contributed by atoms with Gasteiger partial charge < -0.3 is 4.74 Å². The predicted molar refractivity (Wildman–Crippen MR) is 64.2 cm³/mol. The summed E-state index contributed by atoms with van der Waals surface area (Å²) < 4.78 is 5.14. The maximum Gasteiger partial charge on any atom is 0.0589 e. The van der Waals surface area contributed by atoms with Crippen LogP contribution < -0.4 is 0 Å². The molecule has 0 aromatic rings. The van der Waals surface area contributed by atoms with Crippen molar-refractivity contribution in [1.82, 2.24) is 9.80 Å². The molecule has 0 saturated carbocycles. The topological polar surface area (TPSA) is 15.7 Å². The van der Waals surface area contributed by atoms with Crippen molar-refractivity contribution in [2.24, 2.45) is 0 Å². The van der Waals surface area contributed by atoms with E-state index in [0.29, 0.717) is 6.04 Å². The molecule has 3 heteroatoms. The minimum absolute atomic E-state index is 0.689. The summed E-state index contributed by atoms with van der Waals surface area (Å²) in [4.78, 5) is 5.02. The quantitative estimate of drug-likeness (QED) is 0.616. The van der Waals surface area contributed by atoms with Crippen LogP contribution in [0, 0.1) is 0 Å². The summed E-state index contributed by atoms with van der Waals surface area (Å²) >= 11 is 0. The molecule has 0 radical (unpaired) electrons.